The minimum atomic E-state index is 0. The molecule has 1 heterocycles. The number of aromatic nitrogens is 2. The average Bonchev–Trinajstić information content (AvgIpc) is 3.10. The zero-order chi connectivity index (χ0) is 17.1. The fourth-order valence-electron chi connectivity index (χ4n) is 2.72. The van der Waals surface area contributed by atoms with Gasteiger partial charge >= 0.3 is 0 Å². The standard InChI is InChI=1S/C21H16N2OS.BrH/c24-21(25-14-20-22-18-8-4-5-9-19(18)23-20)17-12-10-16(11-13-17)15-6-2-1-3-7-15;/h1-13H,14H2,(H,22,23);1H. The van der Waals surface area contributed by atoms with Gasteiger partial charge in [-0.05, 0) is 35.4 Å². The number of para-hydroxylation sites is 2. The van der Waals surface area contributed by atoms with Crippen LogP contribution in [0.1, 0.15) is 16.2 Å². The summed E-state index contributed by atoms with van der Waals surface area (Å²) >= 11 is 1.27. The molecule has 3 nitrogen and oxygen atoms in total. The van der Waals surface area contributed by atoms with Crippen LogP contribution >= 0.6 is 28.7 Å². The number of hydrogen-bond acceptors (Lipinski definition) is 3. The van der Waals surface area contributed by atoms with E-state index in [1.807, 2.05) is 66.7 Å². The summed E-state index contributed by atoms with van der Waals surface area (Å²) in [5, 5.41) is 0.0556. The number of rotatable bonds is 4. The maximum Gasteiger partial charge on any atom is 0.219 e. The van der Waals surface area contributed by atoms with Crippen molar-refractivity contribution in [1.82, 2.24) is 9.97 Å². The highest BCUT2D eigenvalue weighted by Crippen LogP contribution is 2.23. The fraction of sp³-hybridized carbons (Fsp3) is 0.0476. The molecule has 0 aliphatic rings. The molecule has 0 atom stereocenters. The van der Waals surface area contributed by atoms with Gasteiger partial charge in [-0.3, -0.25) is 4.79 Å². The lowest BCUT2D eigenvalue weighted by molar-refractivity contribution is 0.108. The van der Waals surface area contributed by atoms with Gasteiger partial charge < -0.3 is 4.98 Å². The Labute approximate surface area is 166 Å². The van der Waals surface area contributed by atoms with Gasteiger partial charge in [-0.2, -0.15) is 0 Å². The monoisotopic (exact) mass is 424 g/mol. The molecule has 5 heteroatoms. The summed E-state index contributed by atoms with van der Waals surface area (Å²) in [6.07, 6.45) is 0. The summed E-state index contributed by atoms with van der Waals surface area (Å²) in [5.41, 5.74) is 4.90. The van der Waals surface area contributed by atoms with Gasteiger partial charge in [0.05, 0.1) is 16.8 Å². The van der Waals surface area contributed by atoms with Gasteiger partial charge in [0.15, 0.2) is 0 Å². The second-order valence-electron chi connectivity index (χ2n) is 5.72. The molecule has 0 amide bonds. The lowest BCUT2D eigenvalue weighted by atomic mass is 10.0. The van der Waals surface area contributed by atoms with Gasteiger partial charge in [-0.1, -0.05) is 66.4 Å². The molecule has 1 N–H and O–H groups in total. The second-order valence-corrected chi connectivity index (χ2v) is 6.67. The van der Waals surface area contributed by atoms with Gasteiger partial charge in [0.1, 0.15) is 5.82 Å². The highest BCUT2D eigenvalue weighted by molar-refractivity contribution is 8.93. The molecule has 0 bridgehead atoms. The number of imidazole rings is 1. The molecule has 0 saturated carbocycles. The van der Waals surface area contributed by atoms with E-state index >= 15 is 0 Å². The molecule has 0 radical (unpaired) electrons. The second kappa shape index (κ2) is 8.34. The van der Waals surface area contributed by atoms with Crippen molar-refractivity contribution in [2.24, 2.45) is 0 Å². The molecule has 0 aliphatic carbocycles. The fourth-order valence-corrected chi connectivity index (χ4v) is 3.43. The zero-order valence-electron chi connectivity index (χ0n) is 13.9. The first-order valence-electron chi connectivity index (χ1n) is 8.06. The Hall–Kier alpha value is -2.37. The number of H-pyrrole nitrogens is 1. The van der Waals surface area contributed by atoms with E-state index in [1.54, 1.807) is 0 Å². The Bertz CT molecular complexity index is 980. The molecule has 0 spiro atoms. The largest absolute Gasteiger partial charge is 0.341 e. The highest BCUT2D eigenvalue weighted by Gasteiger charge is 2.09. The number of carbonyl (C=O) groups is 1. The average molecular weight is 425 g/mol. The first-order valence-corrected chi connectivity index (χ1v) is 9.04. The van der Waals surface area contributed by atoms with Crippen molar-refractivity contribution < 1.29 is 4.79 Å². The normalized spacial score (nSPS) is 10.5. The summed E-state index contributed by atoms with van der Waals surface area (Å²) < 4.78 is 0. The predicted molar refractivity (Wildman–Crippen MR) is 114 cm³/mol. The third-order valence-corrected chi connectivity index (χ3v) is 4.92. The molecule has 0 saturated heterocycles. The molecule has 1 aromatic heterocycles. The van der Waals surface area contributed by atoms with Crippen LogP contribution in [0, 0.1) is 0 Å². The molecule has 130 valence electrons. The number of carbonyl (C=O) groups excluding carboxylic acids is 1. The van der Waals surface area contributed by atoms with E-state index in [-0.39, 0.29) is 22.1 Å². The van der Waals surface area contributed by atoms with Crippen molar-refractivity contribution in [1.29, 1.82) is 0 Å². The van der Waals surface area contributed by atoms with Crippen molar-refractivity contribution in [3.63, 3.8) is 0 Å². The van der Waals surface area contributed by atoms with Gasteiger partial charge in [0.25, 0.3) is 0 Å². The van der Waals surface area contributed by atoms with Crippen molar-refractivity contribution in [2.45, 2.75) is 5.75 Å². The van der Waals surface area contributed by atoms with E-state index in [0.29, 0.717) is 11.3 Å². The number of aromatic amines is 1. The van der Waals surface area contributed by atoms with Crippen LogP contribution in [-0.2, 0) is 5.75 Å². The molecule has 4 aromatic rings. The molecule has 0 fully saturated rings. The van der Waals surface area contributed by atoms with Crippen LogP contribution in [0.5, 0.6) is 0 Å². The van der Waals surface area contributed by atoms with Crippen LogP contribution in [0.4, 0.5) is 0 Å². The quantitative estimate of drug-likeness (QED) is 0.444. The summed E-state index contributed by atoms with van der Waals surface area (Å²) in [6, 6.07) is 25.8. The smallest absolute Gasteiger partial charge is 0.219 e. The third kappa shape index (κ3) is 4.06. The van der Waals surface area contributed by atoms with Crippen LogP contribution in [0.3, 0.4) is 0 Å². The predicted octanol–water partition coefficient (Wildman–Crippen LogP) is 5.88. The third-order valence-electron chi connectivity index (χ3n) is 4.01. The summed E-state index contributed by atoms with van der Waals surface area (Å²) in [5.74, 6) is 1.36. The van der Waals surface area contributed by atoms with Crippen LogP contribution in [0.25, 0.3) is 22.2 Å². The first-order chi connectivity index (χ1) is 12.3. The Morgan fingerprint density at radius 2 is 1.50 bits per heavy atom. The maximum atomic E-state index is 12.4. The number of halogens is 1. The molecule has 3 aromatic carbocycles. The van der Waals surface area contributed by atoms with Crippen LogP contribution in [-0.4, -0.2) is 15.1 Å². The van der Waals surface area contributed by atoms with E-state index in [2.05, 4.69) is 22.1 Å². The van der Waals surface area contributed by atoms with Gasteiger partial charge in [-0.25, -0.2) is 4.98 Å². The number of hydrogen-bond donors (Lipinski definition) is 1. The van der Waals surface area contributed by atoms with Crippen LogP contribution in [0.15, 0.2) is 78.9 Å². The molecule has 0 unspecified atom stereocenters. The van der Waals surface area contributed by atoms with E-state index in [4.69, 9.17) is 0 Å². The maximum absolute atomic E-state index is 12.4. The van der Waals surface area contributed by atoms with Gasteiger partial charge in [-0.15, -0.1) is 17.0 Å². The van der Waals surface area contributed by atoms with E-state index in [1.165, 1.54) is 11.8 Å². The van der Waals surface area contributed by atoms with Crippen molar-refractivity contribution in [3.05, 3.63) is 90.3 Å². The van der Waals surface area contributed by atoms with Crippen molar-refractivity contribution in [2.75, 3.05) is 0 Å². The minimum Gasteiger partial charge on any atom is -0.341 e. The molecular weight excluding hydrogens is 408 g/mol. The van der Waals surface area contributed by atoms with Crippen molar-refractivity contribution in [3.8, 4) is 11.1 Å². The van der Waals surface area contributed by atoms with Gasteiger partial charge in [0.2, 0.25) is 5.12 Å². The Morgan fingerprint density at radius 3 is 2.23 bits per heavy atom. The molecule has 0 aliphatic heterocycles. The molecule has 26 heavy (non-hydrogen) atoms. The Kier molecular flexibility index (Phi) is 5.91. The lowest BCUT2D eigenvalue weighted by Gasteiger charge is -2.03. The summed E-state index contributed by atoms with van der Waals surface area (Å²) in [4.78, 5) is 20.2. The van der Waals surface area contributed by atoms with E-state index in [9.17, 15) is 4.79 Å². The summed E-state index contributed by atoms with van der Waals surface area (Å²) in [7, 11) is 0. The van der Waals surface area contributed by atoms with Crippen LogP contribution < -0.4 is 0 Å². The Balaban J connectivity index is 0.00000196. The lowest BCUT2D eigenvalue weighted by Crippen LogP contribution is -1.95. The van der Waals surface area contributed by atoms with Crippen LogP contribution in [0.2, 0.25) is 0 Å². The Morgan fingerprint density at radius 1 is 0.846 bits per heavy atom. The molecular formula is C21H17BrN2OS. The van der Waals surface area contributed by atoms with E-state index in [0.717, 1.165) is 28.0 Å². The SMILES string of the molecule is Br.O=C(SCc1nc2ccccc2[nH]1)c1ccc(-c2ccccc2)cc1. The minimum absolute atomic E-state index is 0. The summed E-state index contributed by atoms with van der Waals surface area (Å²) in [6.45, 7) is 0. The number of thioether (sulfide) groups is 1. The van der Waals surface area contributed by atoms with Gasteiger partial charge in [0, 0.05) is 5.56 Å². The topological polar surface area (TPSA) is 45.8 Å². The zero-order valence-corrected chi connectivity index (χ0v) is 16.4. The number of benzene rings is 3. The number of fused-ring (bicyclic) bond motifs is 1. The first kappa shape index (κ1) is 18.4. The molecule has 4 rings (SSSR count). The van der Waals surface area contributed by atoms with E-state index < -0.39 is 0 Å². The van der Waals surface area contributed by atoms with Crippen molar-refractivity contribution >= 4 is 44.9 Å². The number of nitrogens with one attached hydrogen (secondary N) is 1. The highest BCUT2D eigenvalue weighted by atomic mass is 79.9. The number of nitrogens with zero attached hydrogens (tertiary/aromatic N) is 1.